The van der Waals surface area contributed by atoms with E-state index in [2.05, 4.69) is 42.3 Å². The molecule has 0 unspecified atom stereocenters. The molecule has 0 bridgehead atoms. The number of nitrogens with one attached hydrogen (secondary N) is 1. The lowest BCUT2D eigenvalue weighted by Crippen LogP contribution is -2.26. The zero-order valence-electron chi connectivity index (χ0n) is 17.0. The van der Waals surface area contributed by atoms with Gasteiger partial charge < -0.3 is 5.32 Å². The number of amides is 1. The molecular weight excluding hydrogens is 394 g/mol. The van der Waals surface area contributed by atoms with Gasteiger partial charge >= 0.3 is 0 Å². The number of benzene rings is 2. The summed E-state index contributed by atoms with van der Waals surface area (Å²) in [6, 6.07) is 17.6. The summed E-state index contributed by atoms with van der Waals surface area (Å²) in [5.74, 6) is -0.474. The predicted octanol–water partition coefficient (Wildman–Crippen LogP) is 5.02. The second-order valence-corrected chi connectivity index (χ2v) is 8.38. The highest BCUT2D eigenvalue weighted by atomic mass is 32.2. The van der Waals surface area contributed by atoms with Gasteiger partial charge in [-0.05, 0) is 73.9 Å². The van der Waals surface area contributed by atoms with Crippen molar-refractivity contribution in [2.75, 3.05) is 5.32 Å². The van der Waals surface area contributed by atoms with Crippen molar-refractivity contribution >= 4 is 29.0 Å². The van der Waals surface area contributed by atoms with E-state index in [0.29, 0.717) is 11.3 Å². The van der Waals surface area contributed by atoms with Crippen molar-refractivity contribution in [3.8, 4) is 0 Å². The number of hydrogen-bond acceptors (Lipinski definition) is 4. The molecule has 4 rings (SSSR count). The third-order valence-corrected chi connectivity index (χ3v) is 5.95. The minimum atomic E-state index is -0.474. The summed E-state index contributed by atoms with van der Waals surface area (Å²) < 4.78 is 1.40. The minimum Gasteiger partial charge on any atom is -0.322 e. The average Bonchev–Trinajstić information content (AvgIpc) is 2.73. The lowest BCUT2D eigenvalue weighted by Gasteiger charge is -2.09. The summed E-state index contributed by atoms with van der Waals surface area (Å²) in [6.45, 7) is 6.05. The Bertz CT molecular complexity index is 1310. The fraction of sp³-hybridized carbons (Fsp3) is 0.125. The van der Waals surface area contributed by atoms with Gasteiger partial charge in [0.05, 0.1) is 0 Å². The molecule has 0 aliphatic heterocycles. The van der Waals surface area contributed by atoms with Crippen LogP contribution < -0.4 is 10.9 Å². The van der Waals surface area contributed by atoms with E-state index >= 15 is 0 Å². The molecule has 150 valence electrons. The number of carbonyl (C=O) groups is 1. The van der Waals surface area contributed by atoms with Crippen molar-refractivity contribution in [2.45, 2.75) is 30.6 Å². The molecule has 4 aromatic rings. The maximum atomic E-state index is 12.7. The zero-order valence-corrected chi connectivity index (χ0v) is 17.8. The highest BCUT2D eigenvalue weighted by molar-refractivity contribution is 7.99. The number of carbonyl (C=O) groups excluding carboxylic acids is 1. The highest BCUT2D eigenvalue weighted by Gasteiger charge is 2.14. The van der Waals surface area contributed by atoms with Crippen LogP contribution in [0.3, 0.4) is 0 Å². The van der Waals surface area contributed by atoms with Crippen LogP contribution in [0.15, 0.2) is 81.6 Å². The molecule has 0 aliphatic carbocycles. The molecule has 0 fully saturated rings. The predicted molar refractivity (Wildman–Crippen MR) is 121 cm³/mol. The maximum absolute atomic E-state index is 12.7. The molecule has 1 N–H and O–H groups in total. The molecule has 0 saturated carbocycles. The van der Waals surface area contributed by atoms with Gasteiger partial charge in [-0.15, -0.1) is 0 Å². The van der Waals surface area contributed by atoms with E-state index in [9.17, 15) is 9.59 Å². The van der Waals surface area contributed by atoms with Crippen LogP contribution in [0.2, 0.25) is 0 Å². The molecule has 0 spiro atoms. The smallest absolute Gasteiger partial charge is 0.270 e. The maximum Gasteiger partial charge on any atom is 0.270 e. The van der Waals surface area contributed by atoms with Gasteiger partial charge in [0.1, 0.15) is 11.2 Å². The molecule has 6 heteroatoms. The SMILES string of the molecule is Cc1ccc(C)c(Sc2ccc(NC(=O)c3cnc4ccc(C)cn4c3=O)cc2)c1. The van der Waals surface area contributed by atoms with Gasteiger partial charge in [0.2, 0.25) is 0 Å². The van der Waals surface area contributed by atoms with E-state index in [1.807, 2.05) is 37.3 Å². The molecule has 2 heterocycles. The van der Waals surface area contributed by atoms with Crippen molar-refractivity contribution in [3.05, 3.63) is 99.6 Å². The molecule has 1 amide bonds. The van der Waals surface area contributed by atoms with Gasteiger partial charge in [-0.3, -0.25) is 14.0 Å². The quantitative estimate of drug-likeness (QED) is 0.508. The summed E-state index contributed by atoms with van der Waals surface area (Å²) >= 11 is 1.68. The Morgan fingerprint density at radius 1 is 0.967 bits per heavy atom. The molecule has 2 aromatic heterocycles. The number of anilines is 1. The van der Waals surface area contributed by atoms with E-state index < -0.39 is 5.91 Å². The second-order valence-electron chi connectivity index (χ2n) is 7.26. The fourth-order valence-electron chi connectivity index (χ4n) is 3.09. The molecular formula is C24H21N3O2S. The van der Waals surface area contributed by atoms with E-state index in [-0.39, 0.29) is 11.1 Å². The Morgan fingerprint density at radius 2 is 1.70 bits per heavy atom. The number of pyridine rings is 1. The van der Waals surface area contributed by atoms with Crippen LogP contribution in [0.4, 0.5) is 5.69 Å². The Hall–Kier alpha value is -3.38. The summed E-state index contributed by atoms with van der Waals surface area (Å²) in [6.07, 6.45) is 3.01. The minimum absolute atomic E-state index is 0.00642. The van der Waals surface area contributed by atoms with Gasteiger partial charge in [-0.25, -0.2) is 4.98 Å². The first-order chi connectivity index (χ1) is 14.4. The van der Waals surface area contributed by atoms with Gasteiger partial charge in [0, 0.05) is 27.9 Å². The van der Waals surface area contributed by atoms with Gasteiger partial charge in [0.25, 0.3) is 11.5 Å². The third kappa shape index (κ3) is 4.14. The summed E-state index contributed by atoms with van der Waals surface area (Å²) in [7, 11) is 0. The number of rotatable bonds is 4. The van der Waals surface area contributed by atoms with Gasteiger partial charge in [0.15, 0.2) is 0 Å². The molecule has 0 atom stereocenters. The Balaban J connectivity index is 1.53. The van der Waals surface area contributed by atoms with Crippen molar-refractivity contribution in [3.63, 3.8) is 0 Å². The van der Waals surface area contributed by atoms with Crippen LogP contribution in [-0.4, -0.2) is 15.3 Å². The molecule has 0 radical (unpaired) electrons. The molecule has 0 aliphatic rings. The Kier molecular flexibility index (Phi) is 5.42. The molecule has 2 aromatic carbocycles. The van der Waals surface area contributed by atoms with Crippen LogP contribution in [-0.2, 0) is 0 Å². The second kappa shape index (κ2) is 8.16. The molecule has 5 nitrogen and oxygen atoms in total. The number of hydrogen-bond donors (Lipinski definition) is 1. The Morgan fingerprint density at radius 3 is 2.47 bits per heavy atom. The van der Waals surface area contributed by atoms with Crippen LogP contribution in [0, 0.1) is 20.8 Å². The lowest BCUT2D eigenvalue weighted by molar-refractivity contribution is 0.102. The number of nitrogens with zero attached hydrogens (tertiary/aromatic N) is 2. The average molecular weight is 416 g/mol. The highest BCUT2D eigenvalue weighted by Crippen LogP contribution is 2.31. The van der Waals surface area contributed by atoms with E-state index in [0.717, 1.165) is 10.5 Å². The van der Waals surface area contributed by atoms with Crippen molar-refractivity contribution in [1.29, 1.82) is 0 Å². The number of aromatic nitrogens is 2. The fourth-order valence-corrected chi connectivity index (χ4v) is 4.09. The van der Waals surface area contributed by atoms with Crippen molar-refractivity contribution in [2.24, 2.45) is 0 Å². The summed E-state index contributed by atoms with van der Waals surface area (Å²) in [5, 5.41) is 2.79. The van der Waals surface area contributed by atoms with E-state index in [1.165, 1.54) is 26.6 Å². The van der Waals surface area contributed by atoms with Gasteiger partial charge in [-0.2, -0.15) is 0 Å². The largest absolute Gasteiger partial charge is 0.322 e. The first-order valence-electron chi connectivity index (χ1n) is 9.55. The normalized spacial score (nSPS) is 10.9. The van der Waals surface area contributed by atoms with Crippen molar-refractivity contribution in [1.82, 2.24) is 9.38 Å². The molecule has 0 saturated heterocycles. The first-order valence-corrected chi connectivity index (χ1v) is 10.4. The van der Waals surface area contributed by atoms with E-state index in [4.69, 9.17) is 0 Å². The van der Waals surface area contributed by atoms with Crippen LogP contribution in [0.1, 0.15) is 27.0 Å². The van der Waals surface area contributed by atoms with Gasteiger partial charge in [-0.1, -0.05) is 30.0 Å². The molecule has 30 heavy (non-hydrogen) atoms. The zero-order chi connectivity index (χ0) is 21.3. The first kappa shape index (κ1) is 19.9. The van der Waals surface area contributed by atoms with Crippen LogP contribution in [0.25, 0.3) is 5.65 Å². The topological polar surface area (TPSA) is 63.5 Å². The van der Waals surface area contributed by atoms with E-state index in [1.54, 1.807) is 24.0 Å². The summed E-state index contributed by atoms with van der Waals surface area (Å²) in [4.78, 5) is 31.8. The third-order valence-electron chi connectivity index (χ3n) is 4.78. The standard InChI is InChI=1S/C24H21N3O2S/c1-15-4-6-17(3)21(12-15)30-19-9-7-18(8-10-19)26-23(28)20-13-25-22-11-5-16(2)14-27(22)24(20)29/h4-14H,1-3H3,(H,26,28). The Labute approximate surface area is 178 Å². The number of aryl methyl sites for hydroxylation is 3. The lowest BCUT2D eigenvalue weighted by atomic mass is 10.2. The van der Waals surface area contributed by atoms with Crippen LogP contribution >= 0.6 is 11.8 Å². The summed E-state index contributed by atoms with van der Waals surface area (Å²) in [5.41, 5.74) is 4.12. The van der Waals surface area contributed by atoms with Crippen LogP contribution in [0.5, 0.6) is 0 Å². The monoisotopic (exact) mass is 415 g/mol. The van der Waals surface area contributed by atoms with Crippen molar-refractivity contribution < 1.29 is 4.79 Å². The number of fused-ring (bicyclic) bond motifs is 1.